The largest absolute Gasteiger partial charge is 0.493 e. The molecule has 0 saturated heterocycles. The number of fused-ring (bicyclic) bond motifs is 2. The molecular formula is C22H21FN6O. The van der Waals surface area contributed by atoms with Crippen LogP contribution in [-0.2, 0) is 13.0 Å². The van der Waals surface area contributed by atoms with Gasteiger partial charge in [-0.2, -0.15) is 0 Å². The van der Waals surface area contributed by atoms with Gasteiger partial charge in [0.25, 0.3) is 0 Å². The quantitative estimate of drug-likeness (QED) is 0.549. The van der Waals surface area contributed by atoms with E-state index < -0.39 is 0 Å². The standard InChI is InChI=1S/C22H21FN6O/c1-28(2)21-6-3-14(9-25-21)16-10-26-22(29-13-24-12-19(16)29)27-11-17-15-7-8-30-20(15)5-4-18(17)23/h3-6,9-10,12-13H,7-8,11H2,1-2H3,(H,26,27). The highest BCUT2D eigenvalue weighted by Crippen LogP contribution is 2.31. The lowest BCUT2D eigenvalue weighted by atomic mass is 10.0. The van der Waals surface area contributed by atoms with Crippen LogP contribution in [-0.4, -0.2) is 40.1 Å². The maximum absolute atomic E-state index is 14.4. The highest BCUT2D eigenvalue weighted by Gasteiger charge is 2.20. The lowest BCUT2D eigenvalue weighted by Gasteiger charge is -2.14. The molecule has 7 nitrogen and oxygen atoms in total. The molecule has 1 N–H and O–H groups in total. The van der Waals surface area contributed by atoms with E-state index in [2.05, 4.69) is 20.3 Å². The van der Waals surface area contributed by atoms with Crippen molar-refractivity contribution in [3.63, 3.8) is 0 Å². The molecule has 0 unspecified atom stereocenters. The van der Waals surface area contributed by atoms with Gasteiger partial charge in [-0.3, -0.25) is 4.40 Å². The maximum atomic E-state index is 14.4. The van der Waals surface area contributed by atoms with Crippen LogP contribution in [0.2, 0.25) is 0 Å². The minimum atomic E-state index is -0.239. The Hall–Kier alpha value is -3.68. The van der Waals surface area contributed by atoms with Crippen molar-refractivity contribution >= 4 is 17.3 Å². The summed E-state index contributed by atoms with van der Waals surface area (Å²) in [6, 6.07) is 7.13. The Kier molecular flexibility index (Phi) is 4.46. The van der Waals surface area contributed by atoms with Crippen molar-refractivity contribution in [2.45, 2.75) is 13.0 Å². The number of aromatic nitrogens is 4. The molecule has 0 atom stereocenters. The second-order valence-corrected chi connectivity index (χ2v) is 7.40. The molecular weight excluding hydrogens is 383 g/mol. The van der Waals surface area contributed by atoms with E-state index in [0.717, 1.165) is 33.8 Å². The van der Waals surface area contributed by atoms with Crippen LogP contribution in [0.25, 0.3) is 16.6 Å². The van der Waals surface area contributed by atoms with Crippen molar-refractivity contribution in [2.24, 2.45) is 0 Å². The van der Waals surface area contributed by atoms with Crippen LogP contribution in [0.15, 0.2) is 49.2 Å². The zero-order valence-electron chi connectivity index (χ0n) is 16.8. The Morgan fingerprint density at radius 2 is 2.03 bits per heavy atom. The number of ether oxygens (including phenoxy) is 1. The Morgan fingerprint density at radius 1 is 1.13 bits per heavy atom. The molecule has 4 heterocycles. The summed E-state index contributed by atoms with van der Waals surface area (Å²) in [6.45, 7) is 0.905. The van der Waals surface area contributed by atoms with Gasteiger partial charge in [-0.15, -0.1) is 0 Å². The van der Waals surface area contributed by atoms with Crippen molar-refractivity contribution in [1.29, 1.82) is 0 Å². The van der Waals surface area contributed by atoms with E-state index in [9.17, 15) is 4.39 Å². The van der Waals surface area contributed by atoms with Crippen LogP contribution in [0, 0.1) is 5.82 Å². The molecule has 0 saturated carbocycles. The summed E-state index contributed by atoms with van der Waals surface area (Å²) in [5.41, 5.74) is 4.32. The van der Waals surface area contributed by atoms with Gasteiger partial charge < -0.3 is 15.0 Å². The van der Waals surface area contributed by atoms with Gasteiger partial charge >= 0.3 is 0 Å². The average Bonchev–Trinajstić information content (AvgIpc) is 3.43. The molecule has 1 aliphatic rings. The second kappa shape index (κ2) is 7.29. The van der Waals surface area contributed by atoms with Gasteiger partial charge in [0, 0.05) is 61.7 Å². The van der Waals surface area contributed by atoms with Gasteiger partial charge in [-0.25, -0.2) is 19.3 Å². The Labute approximate surface area is 173 Å². The van der Waals surface area contributed by atoms with Gasteiger partial charge in [0.1, 0.15) is 23.7 Å². The number of pyridine rings is 1. The third-order valence-corrected chi connectivity index (χ3v) is 5.34. The van der Waals surface area contributed by atoms with Crippen molar-refractivity contribution < 1.29 is 9.13 Å². The Morgan fingerprint density at radius 3 is 2.83 bits per heavy atom. The number of benzene rings is 1. The van der Waals surface area contributed by atoms with Crippen LogP contribution in [0.4, 0.5) is 16.2 Å². The molecule has 0 bridgehead atoms. The van der Waals surface area contributed by atoms with E-state index >= 15 is 0 Å². The van der Waals surface area contributed by atoms with E-state index in [1.54, 1.807) is 24.8 Å². The van der Waals surface area contributed by atoms with E-state index in [0.29, 0.717) is 31.1 Å². The minimum absolute atomic E-state index is 0.239. The first kappa shape index (κ1) is 18.4. The van der Waals surface area contributed by atoms with Gasteiger partial charge in [0.2, 0.25) is 5.95 Å². The summed E-state index contributed by atoms with van der Waals surface area (Å²) in [4.78, 5) is 15.3. The number of rotatable bonds is 5. The molecule has 8 heteroatoms. The first-order valence-electron chi connectivity index (χ1n) is 9.73. The molecule has 5 rings (SSSR count). The van der Waals surface area contributed by atoms with E-state index in [1.807, 2.05) is 41.7 Å². The number of hydrogen-bond donors (Lipinski definition) is 1. The summed E-state index contributed by atoms with van der Waals surface area (Å²) < 4.78 is 21.9. The Balaban J connectivity index is 1.46. The van der Waals surface area contributed by atoms with Gasteiger partial charge in [0.15, 0.2) is 0 Å². The predicted octanol–water partition coefficient (Wildman–Crippen LogP) is 3.54. The summed E-state index contributed by atoms with van der Waals surface area (Å²) in [6.07, 6.45) is 7.82. The zero-order valence-corrected chi connectivity index (χ0v) is 16.8. The molecule has 30 heavy (non-hydrogen) atoms. The molecule has 1 aliphatic heterocycles. The maximum Gasteiger partial charge on any atom is 0.208 e. The molecule has 0 amide bonds. The smallest absolute Gasteiger partial charge is 0.208 e. The van der Waals surface area contributed by atoms with E-state index in [-0.39, 0.29) is 5.82 Å². The number of nitrogens with zero attached hydrogens (tertiary/aromatic N) is 5. The molecule has 0 fully saturated rings. The van der Waals surface area contributed by atoms with E-state index in [1.165, 1.54) is 6.07 Å². The van der Waals surface area contributed by atoms with Gasteiger partial charge in [-0.05, 0) is 24.3 Å². The third-order valence-electron chi connectivity index (χ3n) is 5.34. The first-order valence-corrected chi connectivity index (χ1v) is 9.73. The predicted molar refractivity (Wildman–Crippen MR) is 113 cm³/mol. The average molecular weight is 404 g/mol. The van der Waals surface area contributed by atoms with E-state index in [4.69, 9.17) is 4.74 Å². The zero-order chi connectivity index (χ0) is 20.7. The van der Waals surface area contributed by atoms with Crippen LogP contribution in [0.1, 0.15) is 11.1 Å². The number of halogens is 1. The molecule has 0 aliphatic carbocycles. The summed E-state index contributed by atoms with van der Waals surface area (Å²) in [5.74, 6) is 2.01. The van der Waals surface area contributed by atoms with Gasteiger partial charge in [0.05, 0.1) is 18.3 Å². The van der Waals surface area contributed by atoms with Gasteiger partial charge in [-0.1, -0.05) is 0 Å². The monoisotopic (exact) mass is 404 g/mol. The molecule has 1 aromatic carbocycles. The van der Waals surface area contributed by atoms with Crippen LogP contribution >= 0.6 is 0 Å². The number of imidazole rings is 1. The third kappa shape index (κ3) is 3.10. The normalized spacial score (nSPS) is 12.6. The fourth-order valence-corrected chi connectivity index (χ4v) is 3.75. The lowest BCUT2D eigenvalue weighted by Crippen LogP contribution is -2.10. The minimum Gasteiger partial charge on any atom is -0.493 e. The fraction of sp³-hybridized carbons (Fsp3) is 0.227. The molecule has 4 aromatic rings. The molecule has 3 aromatic heterocycles. The summed E-state index contributed by atoms with van der Waals surface area (Å²) in [5, 5.41) is 3.26. The first-order chi connectivity index (χ1) is 14.6. The van der Waals surface area contributed by atoms with Crippen molar-refractivity contribution in [3.8, 4) is 16.9 Å². The van der Waals surface area contributed by atoms with Crippen LogP contribution < -0.4 is 15.0 Å². The lowest BCUT2D eigenvalue weighted by molar-refractivity contribution is 0.356. The van der Waals surface area contributed by atoms with Crippen LogP contribution in [0.3, 0.4) is 0 Å². The number of anilines is 2. The van der Waals surface area contributed by atoms with Crippen molar-refractivity contribution in [1.82, 2.24) is 19.4 Å². The summed E-state index contributed by atoms with van der Waals surface area (Å²) in [7, 11) is 3.91. The Bertz CT molecular complexity index is 1220. The van der Waals surface area contributed by atoms with Crippen molar-refractivity contribution in [2.75, 3.05) is 30.9 Å². The molecule has 152 valence electrons. The fourth-order valence-electron chi connectivity index (χ4n) is 3.75. The SMILES string of the molecule is CN(C)c1ccc(-c2cnc(NCc3c(F)ccc4c3CCO4)n3cncc23)cn1. The molecule has 0 radical (unpaired) electrons. The second-order valence-electron chi connectivity index (χ2n) is 7.40. The molecule has 0 spiro atoms. The number of hydrogen-bond acceptors (Lipinski definition) is 6. The highest BCUT2D eigenvalue weighted by molar-refractivity contribution is 5.80. The van der Waals surface area contributed by atoms with Crippen LogP contribution in [0.5, 0.6) is 5.75 Å². The van der Waals surface area contributed by atoms with Crippen molar-refractivity contribution in [3.05, 3.63) is 66.1 Å². The number of nitrogens with one attached hydrogen (secondary N) is 1. The highest BCUT2D eigenvalue weighted by atomic mass is 19.1. The summed E-state index contributed by atoms with van der Waals surface area (Å²) >= 11 is 0. The topological polar surface area (TPSA) is 67.6 Å².